The van der Waals surface area contributed by atoms with E-state index in [1.165, 1.54) is 6.07 Å². The molecular weight excluding hydrogens is 464 g/mol. The zero-order valence-corrected chi connectivity index (χ0v) is 19.4. The second-order valence-electron chi connectivity index (χ2n) is 8.58. The summed E-state index contributed by atoms with van der Waals surface area (Å²) in [7, 11) is 0. The number of urea groups is 1. The molecule has 0 radical (unpaired) electrons. The fourth-order valence-electron chi connectivity index (χ4n) is 4.65. The molecule has 0 spiro atoms. The summed E-state index contributed by atoms with van der Waals surface area (Å²) in [6.45, 7) is 1.42. The van der Waals surface area contributed by atoms with Crippen molar-refractivity contribution in [1.29, 1.82) is 0 Å². The first-order valence-electron chi connectivity index (χ1n) is 11.4. The van der Waals surface area contributed by atoms with E-state index in [0.29, 0.717) is 46.1 Å². The molecule has 0 saturated carbocycles. The van der Waals surface area contributed by atoms with Crippen LogP contribution in [0, 0.1) is 0 Å². The minimum Gasteiger partial charge on any atom is -0.325 e. The Morgan fingerprint density at radius 1 is 1.03 bits per heavy atom. The molecule has 5 aromatic rings. The highest BCUT2D eigenvalue weighted by Crippen LogP contribution is 2.42. The molecule has 2 amide bonds. The van der Waals surface area contributed by atoms with E-state index in [-0.39, 0.29) is 11.6 Å². The number of H-pyrrole nitrogens is 2. The van der Waals surface area contributed by atoms with E-state index in [4.69, 9.17) is 16.6 Å². The van der Waals surface area contributed by atoms with Crippen LogP contribution >= 0.6 is 11.6 Å². The van der Waals surface area contributed by atoms with Crippen molar-refractivity contribution in [3.8, 4) is 22.4 Å². The average Bonchev–Trinajstić information content (AvgIpc) is 3.57. The highest BCUT2D eigenvalue weighted by Gasteiger charge is 2.24. The number of nitrogens with zero attached hydrogens (tertiary/aromatic N) is 3. The van der Waals surface area contributed by atoms with E-state index in [0.717, 1.165) is 34.9 Å². The van der Waals surface area contributed by atoms with Crippen molar-refractivity contribution in [2.45, 2.75) is 12.8 Å². The van der Waals surface area contributed by atoms with Gasteiger partial charge in [-0.1, -0.05) is 41.9 Å². The molecule has 1 fully saturated rings. The maximum absolute atomic E-state index is 13.3. The smallest absolute Gasteiger partial charge is 0.321 e. The molecule has 0 bridgehead atoms. The van der Waals surface area contributed by atoms with E-state index in [2.05, 4.69) is 20.5 Å². The maximum atomic E-state index is 13.3. The first-order valence-corrected chi connectivity index (χ1v) is 11.8. The second-order valence-corrected chi connectivity index (χ2v) is 8.99. The monoisotopic (exact) mass is 484 g/mol. The summed E-state index contributed by atoms with van der Waals surface area (Å²) in [5.74, 6) is 0. The van der Waals surface area contributed by atoms with Gasteiger partial charge in [-0.15, -0.1) is 0 Å². The minimum absolute atomic E-state index is 0.183. The number of fused-ring (bicyclic) bond motifs is 2. The first-order chi connectivity index (χ1) is 17.1. The molecule has 4 heterocycles. The Balaban J connectivity index is 1.68. The number of nitrogens with one attached hydrogen (secondary N) is 3. The molecule has 174 valence electrons. The van der Waals surface area contributed by atoms with Crippen molar-refractivity contribution in [2.24, 2.45) is 0 Å². The quantitative estimate of drug-likeness (QED) is 0.318. The molecule has 3 N–H and O–H groups in total. The van der Waals surface area contributed by atoms with Gasteiger partial charge in [0.15, 0.2) is 0 Å². The van der Waals surface area contributed by atoms with Crippen molar-refractivity contribution in [3.63, 3.8) is 0 Å². The Hall–Kier alpha value is -4.17. The van der Waals surface area contributed by atoms with E-state index >= 15 is 0 Å². The summed E-state index contributed by atoms with van der Waals surface area (Å²) in [5.41, 5.74) is 4.39. The third-order valence-electron chi connectivity index (χ3n) is 6.34. The number of carbonyl (C=O) groups excluding carboxylic acids is 1. The van der Waals surface area contributed by atoms with Gasteiger partial charge in [0, 0.05) is 41.1 Å². The summed E-state index contributed by atoms with van der Waals surface area (Å²) in [5, 5.41) is 12.2. The Morgan fingerprint density at radius 2 is 1.83 bits per heavy atom. The molecule has 1 aliphatic rings. The van der Waals surface area contributed by atoms with E-state index in [9.17, 15) is 9.59 Å². The minimum atomic E-state index is -0.267. The van der Waals surface area contributed by atoms with Crippen LogP contribution < -0.4 is 10.9 Å². The number of aromatic amines is 2. The number of halogens is 1. The van der Waals surface area contributed by atoms with Crippen LogP contribution in [0.5, 0.6) is 0 Å². The van der Waals surface area contributed by atoms with Gasteiger partial charge in [0.05, 0.1) is 28.1 Å². The lowest BCUT2D eigenvalue weighted by atomic mass is 9.95. The summed E-state index contributed by atoms with van der Waals surface area (Å²) < 4.78 is 0. The molecule has 0 atom stereocenters. The van der Waals surface area contributed by atoms with Gasteiger partial charge in [-0.3, -0.25) is 9.89 Å². The Labute approximate surface area is 205 Å². The van der Waals surface area contributed by atoms with Gasteiger partial charge >= 0.3 is 6.03 Å². The van der Waals surface area contributed by atoms with Crippen LogP contribution in [0.15, 0.2) is 65.6 Å². The highest BCUT2D eigenvalue weighted by atomic mass is 35.5. The Bertz CT molecular complexity index is 1640. The van der Waals surface area contributed by atoms with Crippen molar-refractivity contribution in [3.05, 3.63) is 76.2 Å². The molecule has 3 aromatic heterocycles. The number of carbonyl (C=O) groups is 1. The summed E-state index contributed by atoms with van der Waals surface area (Å²) in [6, 6.07) is 16.4. The predicted molar refractivity (Wildman–Crippen MR) is 138 cm³/mol. The number of benzene rings is 2. The van der Waals surface area contributed by atoms with Gasteiger partial charge in [0.25, 0.3) is 0 Å². The fourth-order valence-corrected chi connectivity index (χ4v) is 4.92. The first kappa shape index (κ1) is 21.4. The molecular formula is C26H21ClN6O2. The molecule has 6 rings (SSSR count). The lowest BCUT2D eigenvalue weighted by Gasteiger charge is -2.21. The van der Waals surface area contributed by atoms with Gasteiger partial charge in [-0.25, -0.2) is 9.78 Å². The highest BCUT2D eigenvalue weighted by molar-refractivity contribution is 6.35. The van der Waals surface area contributed by atoms with Crippen molar-refractivity contribution >= 4 is 45.3 Å². The summed E-state index contributed by atoms with van der Waals surface area (Å²) in [4.78, 5) is 34.9. The molecule has 1 saturated heterocycles. The third-order valence-corrected chi connectivity index (χ3v) is 6.64. The number of likely N-dealkylation sites (tertiary alicyclic amines) is 1. The van der Waals surface area contributed by atoms with Crippen LogP contribution in [0.1, 0.15) is 12.8 Å². The summed E-state index contributed by atoms with van der Waals surface area (Å²) >= 11 is 6.62. The van der Waals surface area contributed by atoms with Crippen LogP contribution in [0.2, 0.25) is 5.02 Å². The van der Waals surface area contributed by atoms with Crippen molar-refractivity contribution < 1.29 is 4.79 Å². The number of pyridine rings is 2. The lowest BCUT2D eigenvalue weighted by molar-refractivity contribution is 0.222. The fraction of sp³-hybridized carbons (Fsp3) is 0.154. The number of amides is 2. The van der Waals surface area contributed by atoms with E-state index < -0.39 is 0 Å². The molecule has 9 heteroatoms. The van der Waals surface area contributed by atoms with Crippen LogP contribution in [0.25, 0.3) is 44.3 Å². The number of rotatable bonds is 3. The topological polar surface area (TPSA) is 107 Å². The number of hydrogen-bond acceptors (Lipinski definition) is 4. The lowest BCUT2D eigenvalue weighted by Crippen LogP contribution is -2.32. The standard InChI is InChI=1S/C26H21ClN6O2/c27-19-13-16(12-17-14-28-32-22(17)19)21-23(15-6-2-1-3-7-15)30-25-18(8-9-20(34)29-25)24(21)31-26(35)33-10-4-5-11-33/h1-3,6-9,12-14H,4-5,10-11H2,(H,28,32)(H2,29,30,31,34,35). The maximum Gasteiger partial charge on any atom is 0.321 e. The van der Waals surface area contributed by atoms with Crippen LogP contribution in [-0.4, -0.2) is 44.2 Å². The molecule has 35 heavy (non-hydrogen) atoms. The van der Waals surface area contributed by atoms with Crippen LogP contribution in [0.4, 0.5) is 10.5 Å². The molecule has 0 unspecified atom stereocenters. The summed E-state index contributed by atoms with van der Waals surface area (Å²) in [6.07, 6.45) is 3.67. The average molecular weight is 485 g/mol. The van der Waals surface area contributed by atoms with Crippen molar-refractivity contribution in [1.82, 2.24) is 25.1 Å². The van der Waals surface area contributed by atoms with Gasteiger partial charge in [0.2, 0.25) is 5.56 Å². The predicted octanol–water partition coefficient (Wildman–Crippen LogP) is 5.41. The van der Waals surface area contributed by atoms with E-state index in [1.54, 1.807) is 17.2 Å². The molecule has 2 aromatic carbocycles. The SMILES string of the molecule is O=C(Nc1c(-c2cc(Cl)c3[nH]ncc3c2)c(-c2ccccc2)nc2[nH]c(=O)ccc12)N1CCCC1. The Kier molecular flexibility index (Phi) is 5.22. The second kappa shape index (κ2) is 8.56. The van der Waals surface area contributed by atoms with Gasteiger partial charge in [0.1, 0.15) is 5.65 Å². The number of anilines is 1. The van der Waals surface area contributed by atoms with Gasteiger partial charge in [-0.05, 0) is 36.6 Å². The van der Waals surface area contributed by atoms with E-state index in [1.807, 2.05) is 42.5 Å². The largest absolute Gasteiger partial charge is 0.325 e. The van der Waals surface area contributed by atoms with Crippen LogP contribution in [0.3, 0.4) is 0 Å². The number of aromatic nitrogens is 4. The van der Waals surface area contributed by atoms with Crippen LogP contribution in [-0.2, 0) is 0 Å². The van der Waals surface area contributed by atoms with Gasteiger partial charge < -0.3 is 15.2 Å². The normalized spacial score (nSPS) is 13.6. The third kappa shape index (κ3) is 3.81. The molecule has 1 aliphatic heterocycles. The zero-order chi connectivity index (χ0) is 23.9. The Morgan fingerprint density at radius 3 is 2.63 bits per heavy atom. The number of hydrogen-bond donors (Lipinski definition) is 3. The van der Waals surface area contributed by atoms with Gasteiger partial charge in [-0.2, -0.15) is 5.10 Å². The zero-order valence-electron chi connectivity index (χ0n) is 18.6. The molecule has 8 nitrogen and oxygen atoms in total. The molecule has 0 aliphatic carbocycles. The van der Waals surface area contributed by atoms with Crippen molar-refractivity contribution in [2.75, 3.05) is 18.4 Å².